The van der Waals surface area contributed by atoms with Crippen molar-refractivity contribution in [3.05, 3.63) is 0 Å². The van der Waals surface area contributed by atoms with Crippen LogP contribution in [0.25, 0.3) is 0 Å². The molecule has 2 aliphatic rings. The molecule has 2 bridgehead atoms. The molecule has 2 fully saturated rings. The number of hydrogen-bond donors (Lipinski definition) is 0. The van der Waals surface area contributed by atoms with E-state index >= 15 is 0 Å². The molecule has 78 valence electrons. The molecule has 2 unspecified atom stereocenters. The third-order valence-corrected chi connectivity index (χ3v) is 3.45. The second-order valence-electron chi connectivity index (χ2n) is 4.75. The molecular weight excluding hydrogens is 178 g/mol. The quantitative estimate of drug-likeness (QED) is 0.679. The Kier molecular flexibility index (Phi) is 2.33. The summed E-state index contributed by atoms with van der Waals surface area (Å²) < 4.78 is 0. The van der Waals surface area contributed by atoms with Crippen molar-refractivity contribution in [1.29, 1.82) is 0 Å². The summed E-state index contributed by atoms with van der Waals surface area (Å²) >= 11 is 0. The molecule has 0 aromatic heterocycles. The number of hydrogen-bond acceptors (Lipinski definition) is 2. The van der Waals surface area contributed by atoms with Crippen LogP contribution in [0, 0.1) is 11.8 Å². The summed E-state index contributed by atoms with van der Waals surface area (Å²) in [5, 5.41) is 0. The highest BCUT2D eigenvalue weighted by Crippen LogP contribution is 2.38. The molecular formula is C11H17NO2. The van der Waals surface area contributed by atoms with Gasteiger partial charge in [0, 0.05) is 17.9 Å². The van der Waals surface area contributed by atoms with Crippen LogP contribution in [0.15, 0.2) is 0 Å². The minimum atomic E-state index is 0.0435. The van der Waals surface area contributed by atoms with Crippen molar-refractivity contribution >= 4 is 11.7 Å². The lowest BCUT2D eigenvalue weighted by atomic mass is 10.1. The Balaban J connectivity index is 1.99. The van der Waals surface area contributed by atoms with Gasteiger partial charge in [-0.1, -0.05) is 13.8 Å². The fraction of sp³-hybridized carbons (Fsp3) is 0.818. The van der Waals surface area contributed by atoms with Crippen LogP contribution in [0.2, 0.25) is 0 Å². The SMILES string of the molecule is CC(C)C(=O)CN1C(=O)C2CCC1C2. The van der Waals surface area contributed by atoms with Crippen LogP contribution in [0.4, 0.5) is 0 Å². The van der Waals surface area contributed by atoms with Gasteiger partial charge in [-0.25, -0.2) is 0 Å². The highest BCUT2D eigenvalue weighted by molar-refractivity contribution is 5.89. The van der Waals surface area contributed by atoms with Crippen LogP contribution in [-0.2, 0) is 9.59 Å². The summed E-state index contributed by atoms with van der Waals surface area (Å²) in [5.74, 6) is 0.683. The number of piperidine rings is 1. The average molecular weight is 195 g/mol. The number of fused-ring (bicyclic) bond motifs is 2. The van der Waals surface area contributed by atoms with E-state index in [9.17, 15) is 9.59 Å². The summed E-state index contributed by atoms with van der Waals surface area (Å²) in [6.45, 7) is 4.12. The number of carbonyl (C=O) groups is 2. The fourth-order valence-corrected chi connectivity index (χ4v) is 2.44. The topological polar surface area (TPSA) is 37.4 Å². The predicted octanol–water partition coefficient (Wildman–Crippen LogP) is 1.22. The molecule has 0 aromatic rings. The highest BCUT2D eigenvalue weighted by Gasteiger charge is 2.44. The van der Waals surface area contributed by atoms with E-state index in [0.717, 1.165) is 19.3 Å². The van der Waals surface area contributed by atoms with Gasteiger partial charge in [0.05, 0.1) is 6.54 Å². The lowest BCUT2D eigenvalue weighted by Gasteiger charge is -2.26. The number of carbonyl (C=O) groups excluding carboxylic acids is 2. The minimum absolute atomic E-state index is 0.0435. The van der Waals surface area contributed by atoms with Gasteiger partial charge in [-0.2, -0.15) is 0 Å². The average Bonchev–Trinajstić information content (AvgIpc) is 2.69. The summed E-state index contributed by atoms with van der Waals surface area (Å²) in [5.41, 5.74) is 0. The van der Waals surface area contributed by atoms with Gasteiger partial charge in [-0.3, -0.25) is 9.59 Å². The zero-order chi connectivity index (χ0) is 10.3. The Hall–Kier alpha value is -0.860. The molecule has 0 aromatic carbocycles. The molecule has 1 heterocycles. The zero-order valence-corrected chi connectivity index (χ0v) is 8.82. The first-order valence-electron chi connectivity index (χ1n) is 5.42. The van der Waals surface area contributed by atoms with E-state index in [1.54, 1.807) is 4.90 Å². The lowest BCUT2D eigenvalue weighted by Crippen LogP contribution is -2.41. The molecule has 2 rings (SSSR count). The van der Waals surface area contributed by atoms with Gasteiger partial charge < -0.3 is 4.90 Å². The molecule has 14 heavy (non-hydrogen) atoms. The Morgan fingerprint density at radius 2 is 2.21 bits per heavy atom. The molecule has 1 saturated heterocycles. The van der Waals surface area contributed by atoms with Crippen molar-refractivity contribution in [2.45, 2.75) is 39.2 Å². The maximum atomic E-state index is 11.7. The van der Waals surface area contributed by atoms with Crippen molar-refractivity contribution in [2.75, 3.05) is 6.54 Å². The molecule has 2 atom stereocenters. The van der Waals surface area contributed by atoms with Crippen LogP contribution in [0.3, 0.4) is 0 Å². The van der Waals surface area contributed by atoms with Gasteiger partial charge in [0.1, 0.15) is 0 Å². The van der Waals surface area contributed by atoms with Gasteiger partial charge in [0.2, 0.25) is 5.91 Å². The Labute approximate surface area is 84.5 Å². The smallest absolute Gasteiger partial charge is 0.226 e. The van der Waals surface area contributed by atoms with E-state index in [1.807, 2.05) is 13.8 Å². The van der Waals surface area contributed by atoms with Crippen molar-refractivity contribution in [3.63, 3.8) is 0 Å². The minimum Gasteiger partial charge on any atom is -0.332 e. The molecule has 3 heteroatoms. The standard InChI is InChI=1S/C11H17NO2/c1-7(2)10(13)6-12-9-4-3-8(5-9)11(12)14/h7-9H,3-6H2,1-2H3. The first-order chi connectivity index (χ1) is 6.59. The monoisotopic (exact) mass is 195 g/mol. The fourth-order valence-electron chi connectivity index (χ4n) is 2.44. The summed E-state index contributed by atoms with van der Waals surface area (Å²) in [7, 11) is 0. The number of rotatable bonds is 3. The molecule has 0 spiro atoms. The lowest BCUT2D eigenvalue weighted by molar-refractivity contribution is -0.138. The van der Waals surface area contributed by atoms with E-state index in [4.69, 9.17) is 0 Å². The van der Waals surface area contributed by atoms with Crippen molar-refractivity contribution in [1.82, 2.24) is 4.90 Å². The maximum Gasteiger partial charge on any atom is 0.226 e. The largest absolute Gasteiger partial charge is 0.332 e. The second kappa shape index (κ2) is 3.37. The van der Waals surface area contributed by atoms with Crippen LogP contribution in [0.5, 0.6) is 0 Å². The van der Waals surface area contributed by atoms with E-state index in [1.165, 1.54) is 0 Å². The van der Waals surface area contributed by atoms with E-state index < -0.39 is 0 Å². The molecule has 1 saturated carbocycles. The first kappa shape index (κ1) is 9.69. The first-order valence-corrected chi connectivity index (χ1v) is 5.42. The maximum absolute atomic E-state index is 11.7. The molecule has 1 amide bonds. The zero-order valence-electron chi connectivity index (χ0n) is 8.82. The van der Waals surface area contributed by atoms with Crippen LogP contribution < -0.4 is 0 Å². The number of Topliss-reactive ketones (excluding diaryl/α,β-unsaturated/α-hetero) is 1. The number of likely N-dealkylation sites (tertiary alicyclic amines) is 1. The van der Waals surface area contributed by atoms with Gasteiger partial charge in [0.25, 0.3) is 0 Å². The van der Waals surface area contributed by atoms with Gasteiger partial charge in [-0.05, 0) is 19.3 Å². The highest BCUT2D eigenvalue weighted by atomic mass is 16.2. The van der Waals surface area contributed by atoms with Crippen LogP contribution in [-0.4, -0.2) is 29.2 Å². The molecule has 0 radical (unpaired) electrons. The van der Waals surface area contributed by atoms with E-state index in [0.29, 0.717) is 12.6 Å². The summed E-state index contributed by atoms with van der Waals surface area (Å²) in [6.07, 6.45) is 3.13. The number of nitrogens with zero attached hydrogens (tertiary/aromatic N) is 1. The molecule has 1 aliphatic carbocycles. The van der Waals surface area contributed by atoms with Crippen LogP contribution >= 0.6 is 0 Å². The third kappa shape index (κ3) is 1.45. The van der Waals surface area contributed by atoms with E-state index in [2.05, 4.69) is 0 Å². The van der Waals surface area contributed by atoms with Gasteiger partial charge in [-0.15, -0.1) is 0 Å². The van der Waals surface area contributed by atoms with Crippen LogP contribution in [0.1, 0.15) is 33.1 Å². The van der Waals surface area contributed by atoms with Crippen molar-refractivity contribution in [2.24, 2.45) is 11.8 Å². The predicted molar refractivity (Wildman–Crippen MR) is 52.7 cm³/mol. The molecule has 1 aliphatic heterocycles. The van der Waals surface area contributed by atoms with Gasteiger partial charge >= 0.3 is 0 Å². The Morgan fingerprint density at radius 1 is 1.50 bits per heavy atom. The Morgan fingerprint density at radius 3 is 2.71 bits per heavy atom. The normalized spacial score (nSPS) is 30.5. The van der Waals surface area contributed by atoms with Crippen molar-refractivity contribution in [3.8, 4) is 0 Å². The Bertz CT molecular complexity index is 272. The summed E-state index contributed by atoms with van der Waals surface area (Å²) in [6, 6.07) is 0.371. The van der Waals surface area contributed by atoms with E-state index in [-0.39, 0.29) is 23.5 Å². The second-order valence-corrected chi connectivity index (χ2v) is 4.75. The number of amides is 1. The molecule has 0 N–H and O–H groups in total. The van der Waals surface area contributed by atoms with Crippen molar-refractivity contribution < 1.29 is 9.59 Å². The third-order valence-electron chi connectivity index (χ3n) is 3.45. The molecule has 3 nitrogen and oxygen atoms in total. The number of ketones is 1. The summed E-state index contributed by atoms with van der Waals surface area (Å²) in [4.78, 5) is 25.0. The van der Waals surface area contributed by atoms with Gasteiger partial charge in [0.15, 0.2) is 5.78 Å².